The second-order valence-electron chi connectivity index (χ2n) is 6.26. The highest BCUT2D eigenvalue weighted by Crippen LogP contribution is 2.20. The van der Waals surface area contributed by atoms with Crippen LogP contribution in [0.4, 0.5) is 0 Å². The quantitative estimate of drug-likeness (QED) is 0.842. The van der Waals surface area contributed by atoms with Crippen LogP contribution in [0.15, 0.2) is 24.3 Å². The van der Waals surface area contributed by atoms with Crippen LogP contribution >= 0.6 is 11.6 Å². The van der Waals surface area contributed by atoms with Gasteiger partial charge in [0.25, 0.3) is 0 Å². The standard InChI is InChI=1S/C16H21ClN6O/c1-21(2)16(24)13-7-9-22(10-8-13)11-23-19-15(18-20-23)12-3-5-14(17)6-4-12/h3-6,13H,7-11H2,1-2H3. The largest absolute Gasteiger partial charge is 0.349 e. The van der Waals surface area contributed by atoms with E-state index in [1.54, 1.807) is 9.70 Å². The molecule has 2 aromatic rings. The number of benzene rings is 1. The van der Waals surface area contributed by atoms with Crippen LogP contribution in [0.1, 0.15) is 12.8 Å². The number of likely N-dealkylation sites (tertiary alicyclic amines) is 1. The Balaban J connectivity index is 1.56. The van der Waals surface area contributed by atoms with Gasteiger partial charge < -0.3 is 4.90 Å². The second kappa shape index (κ2) is 7.27. The van der Waals surface area contributed by atoms with Crippen molar-refractivity contribution in [3.8, 4) is 11.4 Å². The number of halogens is 1. The van der Waals surface area contributed by atoms with Crippen molar-refractivity contribution >= 4 is 17.5 Å². The molecule has 3 rings (SSSR count). The number of tetrazole rings is 1. The van der Waals surface area contributed by atoms with Crippen molar-refractivity contribution in [2.75, 3.05) is 27.2 Å². The Morgan fingerprint density at radius 1 is 1.25 bits per heavy atom. The highest BCUT2D eigenvalue weighted by molar-refractivity contribution is 6.30. The van der Waals surface area contributed by atoms with E-state index in [-0.39, 0.29) is 11.8 Å². The molecule has 0 atom stereocenters. The van der Waals surface area contributed by atoms with Crippen LogP contribution in [-0.2, 0) is 11.5 Å². The molecule has 0 aliphatic carbocycles. The van der Waals surface area contributed by atoms with Crippen molar-refractivity contribution in [2.24, 2.45) is 5.92 Å². The van der Waals surface area contributed by atoms with Crippen molar-refractivity contribution in [3.63, 3.8) is 0 Å². The molecule has 1 aliphatic rings. The van der Waals surface area contributed by atoms with Crippen LogP contribution < -0.4 is 0 Å². The summed E-state index contributed by atoms with van der Waals surface area (Å²) in [6, 6.07) is 7.37. The van der Waals surface area contributed by atoms with Gasteiger partial charge in [-0.1, -0.05) is 11.6 Å². The molecule has 24 heavy (non-hydrogen) atoms. The normalized spacial score (nSPS) is 16.3. The lowest BCUT2D eigenvalue weighted by atomic mass is 9.96. The zero-order valence-electron chi connectivity index (χ0n) is 13.9. The first-order chi connectivity index (χ1) is 11.5. The number of rotatable bonds is 4. The first kappa shape index (κ1) is 16.9. The Bertz CT molecular complexity index is 691. The van der Waals surface area contributed by atoms with Gasteiger partial charge in [0.1, 0.15) is 6.67 Å². The Kier molecular flexibility index (Phi) is 5.11. The fourth-order valence-electron chi connectivity index (χ4n) is 2.88. The topological polar surface area (TPSA) is 67.2 Å². The molecule has 7 nitrogen and oxygen atoms in total. The fourth-order valence-corrected chi connectivity index (χ4v) is 3.01. The maximum Gasteiger partial charge on any atom is 0.225 e. The summed E-state index contributed by atoms with van der Waals surface area (Å²) in [4.78, 5) is 17.5. The van der Waals surface area contributed by atoms with E-state index in [2.05, 4.69) is 20.3 Å². The van der Waals surface area contributed by atoms with Crippen LogP contribution in [0.5, 0.6) is 0 Å². The predicted octanol–water partition coefficient (Wildman–Crippen LogP) is 1.75. The van der Waals surface area contributed by atoms with Gasteiger partial charge in [0, 0.05) is 43.7 Å². The zero-order valence-corrected chi connectivity index (χ0v) is 14.6. The monoisotopic (exact) mass is 348 g/mol. The lowest BCUT2D eigenvalue weighted by molar-refractivity contribution is -0.134. The predicted molar refractivity (Wildman–Crippen MR) is 91.3 cm³/mol. The zero-order chi connectivity index (χ0) is 17.1. The van der Waals surface area contributed by atoms with Crippen molar-refractivity contribution in [1.29, 1.82) is 0 Å². The van der Waals surface area contributed by atoms with Gasteiger partial charge >= 0.3 is 0 Å². The molecule has 0 N–H and O–H groups in total. The third kappa shape index (κ3) is 3.91. The number of hydrogen-bond acceptors (Lipinski definition) is 5. The molecule has 1 fully saturated rings. The molecule has 8 heteroatoms. The number of aromatic nitrogens is 4. The minimum atomic E-state index is 0.129. The van der Waals surface area contributed by atoms with Gasteiger partial charge in [-0.2, -0.15) is 0 Å². The first-order valence-corrected chi connectivity index (χ1v) is 8.38. The van der Waals surface area contributed by atoms with Gasteiger partial charge in [0.15, 0.2) is 0 Å². The van der Waals surface area contributed by atoms with E-state index < -0.39 is 0 Å². The van der Waals surface area contributed by atoms with Crippen LogP contribution in [0.25, 0.3) is 11.4 Å². The number of piperidine rings is 1. The molecule has 2 heterocycles. The van der Waals surface area contributed by atoms with E-state index in [9.17, 15) is 4.79 Å². The summed E-state index contributed by atoms with van der Waals surface area (Å²) in [5, 5.41) is 13.3. The van der Waals surface area contributed by atoms with Gasteiger partial charge in [-0.3, -0.25) is 9.69 Å². The van der Waals surface area contributed by atoms with Crippen molar-refractivity contribution in [2.45, 2.75) is 19.5 Å². The van der Waals surface area contributed by atoms with Crippen LogP contribution in [0.3, 0.4) is 0 Å². The Labute approximate surface area is 146 Å². The maximum atomic E-state index is 12.0. The summed E-state index contributed by atoms with van der Waals surface area (Å²) < 4.78 is 0. The first-order valence-electron chi connectivity index (χ1n) is 8.00. The fraction of sp³-hybridized carbons (Fsp3) is 0.500. The van der Waals surface area contributed by atoms with Gasteiger partial charge in [0.05, 0.1) is 0 Å². The summed E-state index contributed by atoms with van der Waals surface area (Å²) in [5.41, 5.74) is 0.890. The molecule has 1 aromatic carbocycles. The van der Waals surface area contributed by atoms with Crippen LogP contribution in [0.2, 0.25) is 5.02 Å². The number of carbonyl (C=O) groups is 1. The number of amides is 1. The highest BCUT2D eigenvalue weighted by atomic mass is 35.5. The summed E-state index contributed by atoms with van der Waals surface area (Å²) in [6.07, 6.45) is 1.74. The number of hydrogen-bond donors (Lipinski definition) is 0. The Morgan fingerprint density at radius 2 is 1.92 bits per heavy atom. The molecule has 0 radical (unpaired) electrons. The van der Waals surface area contributed by atoms with Crippen LogP contribution in [-0.4, -0.2) is 63.1 Å². The minimum Gasteiger partial charge on any atom is -0.349 e. The average molecular weight is 349 g/mol. The maximum absolute atomic E-state index is 12.0. The molecule has 1 aliphatic heterocycles. The second-order valence-corrected chi connectivity index (χ2v) is 6.70. The molecule has 0 spiro atoms. The van der Waals surface area contributed by atoms with E-state index >= 15 is 0 Å². The molecular formula is C16H21ClN6O. The van der Waals surface area contributed by atoms with E-state index in [1.807, 2.05) is 38.4 Å². The van der Waals surface area contributed by atoms with Gasteiger partial charge in [-0.25, -0.2) is 0 Å². The molecule has 0 bridgehead atoms. The highest BCUT2D eigenvalue weighted by Gasteiger charge is 2.26. The molecule has 1 saturated heterocycles. The molecule has 1 amide bonds. The summed E-state index contributed by atoms with van der Waals surface area (Å²) in [7, 11) is 3.62. The van der Waals surface area contributed by atoms with E-state index in [0.717, 1.165) is 31.5 Å². The molecule has 1 aromatic heterocycles. The SMILES string of the molecule is CN(C)C(=O)C1CCN(Cn2nnc(-c3ccc(Cl)cc3)n2)CC1. The third-order valence-corrected chi connectivity index (χ3v) is 4.51. The van der Waals surface area contributed by atoms with Crippen molar-refractivity contribution in [1.82, 2.24) is 30.0 Å². The van der Waals surface area contributed by atoms with E-state index in [0.29, 0.717) is 17.5 Å². The van der Waals surface area contributed by atoms with E-state index in [4.69, 9.17) is 11.6 Å². The lowest BCUT2D eigenvalue weighted by Crippen LogP contribution is -2.41. The van der Waals surface area contributed by atoms with E-state index in [1.165, 1.54) is 0 Å². The average Bonchev–Trinajstić information content (AvgIpc) is 3.04. The summed E-state index contributed by atoms with van der Waals surface area (Å²) in [5.74, 6) is 0.937. The Hall–Kier alpha value is -1.99. The summed E-state index contributed by atoms with van der Waals surface area (Å²) >= 11 is 5.89. The molecule has 0 saturated carbocycles. The van der Waals surface area contributed by atoms with Crippen molar-refractivity contribution < 1.29 is 4.79 Å². The smallest absolute Gasteiger partial charge is 0.225 e. The Morgan fingerprint density at radius 3 is 2.54 bits per heavy atom. The molecular weight excluding hydrogens is 328 g/mol. The lowest BCUT2D eigenvalue weighted by Gasteiger charge is -2.31. The van der Waals surface area contributed by atoms with Gasteiger partial charge in [0.2, 0.25) is 11.7 Å². The van der Waals surface area contributed by atoms with Gasteiger partial charge in [-0.15, -0.1) is 15.0 Å². The van der Waals surface area contributed by atoms with Crippen LogP contribution in [0, 0.1) is 5.92 Å². The number of nitrogens with zero attached hydrogens (tertiary/aromatic N) is 6. The van der Waals surface area contributed by atoms with Gasteiger partial charge in [-0.05, 0) is 42.3 Å². The minimum absolute atomic E-state index is 0.129. The summed E-state index contributed by atoms with van der Waals surface area (Å²) in [6.45, 7) is 2.31. The van der Waals surface area contributed by atoms with Crippen molar-refractivity contribution in [3.05, 3.63) is 29.3 Å². The molecule has 128 valence electrons. The third-order valence-electron chi connectivity index (χ3n) is 4.26. The number of carbonyl (C=O) groups excluding carboxylic acids is 1. The molecule has 0 unspecified atom stereocenters.